The molecule has 0 heterocycles. The molecule has 2 aromatic carbocycles. The summed E-state index contributed by atoms with van der Waals surface area (Å²) in [5.41, 5.74) is 1.96. The lowest BCUT2D eigenvalue weighted by atomic mass is 9.98. The summed E-state index contributed by atoms with van der Waals surface area (Å²) in [6.07, 6.45) is 1.71. The predicted octanol–water partition coefficient (Wildman–Crippen LogP) is 5.42. The minimum Gasteiger partial charge on any atom is -0.310 e. The third kappa shape index (κ3) is 4.99. The summed E-state index contributed by atoms with van der Waals surface area (Å²) in [6, 6.07) is 12.2. The molecule has 0 fully saturated rings. The zero-order chi connectivity index (χ0) is 15.2. The molecule has 0 radical (unpaired) electrons. The second kappa shape index (κ2) is 7.79. The number of nitrogens with one attached hydrogen (secondary N) is 1. The SMILES string of the molecule is CCCNC(Cc1cccc(F)c1)c1cc(Cl)cc(Cl)c1. The van der Waals surface area contributed by atoms with Crippen molar-refractivity contribution in [3.8, 4) is 0 Å². The molecule has 0 bridgehead atoms. The molecule has 0 spiro atoms. The second-order valence-corrected chi connectivity index (χ2v) is 5.92. The fraction of sp³-hybridized carbons (Fsp3) is 0.294. The van der Waals surface area contributed by atoms with Gasteiger partial charge in [0.15, 0.2) is 0 Å². The van der Waals surface area contributed by atoms with Crippen LogP contribution in [0.5, 0.6) is 0 Å². The van der Waals surface area contributed by atoms with Crippen LogP contribution < -0.4 is 5.32 Å². The molecule has 0 saturated heterocycles. The van der Waals surface area contributed by atoms with Crippen LogP contribution in [0.4, 0.5) is 4.39 Å². The van der Waals surface area contributed by atoms with Crippen molar-refractivity contribution in [3.05, 3.63) is 69.5 Å². The van der Waals surface area contributed by atoms with Gasteiger partial charge in [-0.1, -0.05) is 42.3 Å². The van der Waals surface area contributed by atoms with E-state index in [9.17, 15) is 4.39 Å². The second-order valence-electron chi connectivity index (χ2n) is 5.04. The maximum atomic E-state index is 13.3. The first kappa shape index (κ1) is 16.3. The molecule has 0 aliphatic carbocycles. The summed E-state index contributed by atoms with van der Waals surface area (Å²) in [7, 11) is 0. The van der Waals surface area contributed by atoms with Gasteiger partial charge in [0.05, 0.1) is 0 Å². The molecule has 0 aliphatic rings. The highest BCUT2D eigenvalue weighted by atomic mass is 35.5. The van der Waals surface area contributed by atoms with Crippen LogP contribution in [0.25, 0.3) is 0 Å². The maximum Gasteiger partial charge on any atom is 0.123 e. The first-order valence-corrected chi connectivity index (χ1v) is 7.78. The third-order valence-corrected chi connectivity index (χ3v) is 3.69. The normalized spacial score (nSPS) is 12.4. The van der Waals surface area contributed by atoms with Gasteiger partial charge in [0, 0.05) is 16.1 Å². The quantitative estimate of drug-likeness (QED) is 0.748. The lowest BCUT2D eigenvalue weighted by Crippen LogP contribution is -2.24. The topological polar surface area (TPSA) is 12.0 Å². The van der Waals surface area contributed by atoms with E-state index < -0.39 is 0 Å². The van der Waals surface area contributed by atoms with E-state index in [-0.39, 0.29) is 11.9 Å². The van der Waals surface area contributed by atoms with Crippen molar-refractivity contribution in [3.63, 3.8) is 0 Å². The Morgan fingerprint density at radius 1 is 1.10 bits per heavy atom. The summed E-state index contributed by atoms with van der Waals surface area (Å²) in [5, 5.41) is 4.69. The summed E-state index contributed by atoms with van der Waals surface area (Å²) < 4.78 is 13.3. The van der Waals surface area contributed by atoms with E-state index in [1.165, 1.54) is 6.07 Å². The lowest BCUT2D eigenvalue weighted by Gasteiger charge is -2.20. The van der Waals surface area contributed by atoms with Gasteiger partial charge in [-0.25, -0.2) is 4.39 Å². The number of hydrogen-bond acceptors (Lipinski definition) is 1. The van der Waals surface area contributed by atoms with Crippen LogP contribution >= 0.6 is 23.2 Å². The molecule has 1 atom stereocenters. The van der Waals surface area contributed by atoms with Crippen LogP contribution in [-0.2, 0) is 6.42 Å². The van der Waals surface area contributed by atoms with Gasteiger partial charge in [0.1, 0.15) is 5.82 Å². The van der Waals surface area contributed by atoms with Gasteiger partial charge < -0.3 is 5.32 Å². The Bertz CT molecular complexity index is 581. The molecule has 0 aromatic heterocycles. The summed E-state index contributed by atoms with van der Waals surface area (Å²) in [5.74, 6) is -0.217. The van der Waals surface area contributed by atoms with E-state index in [4.69, 9.17) is 23.2 Å². The predicted molar refractivity (Wildman–Crippen MR) is 87.6 cm³/mol. The molecular formula is C17H18Cl2FN. The number of halogens is 3. The van der Waals surface area contributed by atoms with Gasteiger partial charge in [-0.2, -0.15) is 0 Å². The van der Waals surface area contributed by atoms with Crippen LogP contribution in [0, 0.1) is 5.82 Å². The van der Waals surface area contributed by atoms with E-state index in [0.717, 1.165) is 24.1 Å². The van der Waals surface area contributed by atoms with Crippen LogP contribution in [0.15, 0.2) is 42.5 Å². The minimum atomic E-state index is -0.217. The molecule has 4 heteroatoms. The summed E-state index contributed by atoms with van der Waals surface area (Å²) in [4.78, 5) is 0. The molecule has 0 saturated carbocycles. The molecule has 2 aromatic rings. The molecule has 0 amide bonds. The Morgan fingerprint density at radius 2 is 1.81 bits per heavy atom. The van der Waals surface area contributed by atoms with Crippen LogP contribution in [0.2, 0.25) is 10.0 Å². The Morgan fingerprint density at radius 3 is 2.43 bits per heavy atom. The molecule has 112 valence electrons. The van der Waals surface area contributed by atoms with Gasteiger partial charge in [0.25, 0.3) is 0 Å². The maximum absolute atomic E-state index is 13.3. The Balaban J connectivity index is 2.25. The van der Waals surface area contributed by atoms with E-state index >= 15 is 0 Å². The zero-order valence-corrected chi connectivity index (χ0v) is 13.4. The molecule has 1 nitrogen and oxygen atoms in total. The van der Waals surface area contributed by atoms with Crippen LogP contribution in [0.1, 0.15) is 30.5 Å². The van der Waals surface area contributed by atoms with Gasteiger partial charge >= 0.3 is 0 Å². The Hall–Kier alpha value is -1.09. The Labute approximate surface area is 135 Å². The lowest BCUT2D eigenvalue weighted by molar-refractivity contribution is 0.527. The minimum absolute atomic E-state index is 0.0583. The highest BCUT2D eigenvalue weighted by Gasteiger charge is 2.13. The van der Waals surface area contributed by atoms with Gasteiger partial charge in [-0.3, -0.25) is 0 Å². The highest BCUT2D eigenvalue weighted by molar-refractivity contribution is 6.34. The average molecular weight is 326 g/mol. The van der Waals surface area contributed by atoms with Gasteiger partial charge in [-0.05, 0) is 60.8 Å². The molecule has 2 rings (SSSR count). The van der Waals surface area contributed by atoms with E-state index in [1.54, 1.807) is 18.2 Å². The molecule has 21 heavy (non-hydrogen) atoms. The van der Waals surface area contributed by atoms with Crippen molar-refractivity contribution in [2.45, 2.75) is 25.8 Å². The highest BCUT2D eigenvalue weighted by Crippen LogP contribution is 2.26. The average Bonchev–Trinajstić information content (AvgIpc) is 2.42. The molecular weight excluding hydrogens is 308 g/mol. The van der Waals surface area contributed by atoms with Gasteiger partial charge in [-0.15, -0.1) is 0 Å². The van der Waals surface area contributed by atoms with Crippen LogP contribution in [0.3, 0.4) is 0 Å². The van der Waals surface area contributed by atoms with E-state index in [1.807, 2.05) is 18.2 Å². The van der Waals surface area contributed by atoms with E-state index in [0.29, 0.717) is 16.5 Å². The van der Waals surface area contributed by atoms with Gasteiger partial charge in [0.2, 0.25) is 0 Å². The fourth-order valence-electron chi connectivity index (χ4n) is 2.30. The van der Waals surface area contributed by atoms with Crippen molar-refractivity contribution < 1.29 is 4.39 Å². The van der Waals surface area contributed by atoms with Crippen molar-refractivity contribution in [1.82, 2.24) is 5.32 Å². The van der Waals surface area contributed by atoms with Crippen molar-refractivity contribution in [2.24, 2.45) is 0 Å². The van der Waals surface area contributed by atoms with E-state index in [2.05, 4.69) is 12.2 Å². The monoisotopic (exact) mass is 325 g/mol. The molecule has 0 aliphatic heterocycles. The smallest absolute Gasteiger partial charge is 0.123 e. The van der Waals surface area contributed by atoms with Crippen LogP contribution in [-0.4, -0.2) is 6.54 Å². The number of hydrogen-bond donors (Lipinski definition) is 1. The number of rotatable bonds is 6. The number of benzene rings is 2. The van der Waals surface area contributed by atoms with Crippen molar-refractivity contribution in [2.75, 3.05) is 6.54 Å². The van der Waals surface area contributed by atoms with Crippen molar-refractivity contribution >= 4 is 23.2 Å². The largest absolute Gasteiger partial charge is 0.310 e. The molecule has 1 N–H and O–H groups in total. The summed E-state index contributed by atoms with van der Waals surface area (Å²) >= 11 is 12.2. The zero-order valence-electron chi connectivity index (χ0n) is 11.9. The fourth-order valence-corrected chi connectivity index (χ4v) is 2.85. The van der Waals surface area contributed by atoms with Crippen molar-refractivity contribution in [1.29, 1.82) is 0 Å². The standard InChI is InChI=1S/C17H18Cl2FN/c1-2-6-21-17(8-12-4-3-5-16(20)7-12)13-9-14(18)11-15(19)10-13/h3-5,7,9-11,17,21H,2,6,8H2,1H3. The first-order chi connectivity index (χ1) is 10.1. The summed E-state index contributed by atoms with van der Waals surface area (Å²) in [6.45, 7) is 2.99. The first-order valence-electron chi connectivity index (χ1n) is 7.02. The molecule has 1 unspecified atom stereocenters. The third-order valence-electron chi connectivity index (χ3n) is 3.26. The Kier molecular flexibility index (Phi) is 6.04.